The maximum Gasteiger partial charge on any atom is 0.151 e. The molecule has 27 heavy (non-hydrogen) atoms. The zero-order chi connectivity index (χ0) is 18.5. The van der Waals surface area contributed by atoms with Crippen molar-refractivity contribution in [2.24, 2.45) is 0 Å². The molecule has 4 rings (SSSR count). The maximum atomic E-state index is 14.3. The van der Waals surface area contributed by atoms with Crippen molar-refractivity contribution in [2.75, 3.05) is 0 Å². The summed E-state index contributed by atoms with van der Waals surface area (Å²) in [7, 11) is 0. The largest absolute Gasteiger partial charge is 0.337 e. The van der Waals surface area contributed by atoms with Crippen LogP contribution in [-0.2, 0) is 25.8 Å². The van der Waals surface area contributed by atoms with Gasteiger partial charge < -0.3 is 4.57 Å². The molecule has 0 saturated heterocycles. The summed E-state index contributed by atoms with van der Waals surface area (Å²) in [5, 5.41) is 4.60. The summed E-state index contributed by atoms with van der Waals surface area (Å²) in [6.07, 6.45) is 7.61. The number of imidazole rings is 1. The van der Waals surface area contributed by atoms with E-state index in [4.69, 9.17) is 4.98 Å². The highest BCUT2D eigenvalue weighted by Gasteiger charge is 2.14. The topological polar surface area (TPSA) is 48.5 Å². The fourth-order valence-corrected chi connectivity index (χ4v) is 3.02. The van der Waals surface area contributed by atoms with Crippen LogP contribution >= 0.6 is 0 Å². The zero-order valence-electron chi connectivity index (χ0n) is 14.9. The number of aromatic nitrogens is 5. The van der Waals surface area contributed by atoms with Crippen molar-refractivity contribution < 1.29 is 4.39 Å². The molecule has 0 aliphatic carbocycles. The maximum absolute atomic E-state index is 14.3. The molecule has 0 bridgehead atoms. The second-order valence-corrected chi connectivity index (χ2v) is 6.34. The Morgan fingerprint density at radius 1 is 0.889 bits per heavy atom. The van der Waals surface area contributed by atoms with E-state index >= 15 is 0 Å². The quantitative estimate of drug-likeness (QED) is 0.505. The monoisotopic (exact) mass is 361 g/mol. The number of para-hydroxylation sites is 1. The summed E-state index contributed by atoms with van der Waals surface area (Å²) in [4.78, 5) is 8.75. The highest BCUT2D eigenvalue weighted by Crippen LogP contribution is 2.16. The van der Waals surface area contributed by atoms with Crippen molar-refractivity contribution in [2.45, 2.75) is 25.8 Å². The molecule has 0 amide bonds. The fraction of sp³-hybridized carbons (Fsp3) is 0.190. The SMILES string of the molecule is Fc1ccccc1-n1nc(CCc2ccccc2)nc1CCn1ccnc1. The van der Waals surface area contributed by atoms with E-state index in [0.717, 1.165) is 18.1 Å². The molecular formula is C21H20FN5. The van der Waals surface area contributed by atoms with Crippen LogP contribution in [0.15, 0.2) is 73.3 Å². The minimum absolute atomic E-state index is 0.305. The normalized spacial score (nSPS) is 11.0. The number of rotatable bonds is 7. The number of aryl methyl sites for hydroxylation is 4. The first-order chi connectivity index (χ1) is 13.3. The van der Waals surface area contributed by atoms with Gasteiger partial charge in [0.1, 0.15) is 17.3 Å². The molecule has 0 atom stereocenters. The molecule has 0 spiro atoms. The lowest BCUT2D eigenvalue weighted by molar-refractivity contribution is 0.596. The summed E-state index contributed by atoms with van der Waals surface area (Å²) in [6.45, 7) is 0.714. The van der Waals surface area contributed by atoms with Gasteiger partial charge in [0, 0.05) is 31.8 Å². The van der Waals surface area contributed by atoms with Crippen molar-refractivity contribution in [1.29, 1.82) is 0 Å². The van der Waals surface area contributed by atoms with E-state index in [0.29, 0.717) is 25.1 Å². The van der Waals surface area contributed by atoms with Gasteiger partial charge in [-0.05, 0) is 24.1 Å². The van der Waals surface area contributed by atoms with Gasteiger partial charge in [0.25, 0.3) is 0 Å². The van der Waals surface area contributed by atoms with Gasteiger partial charge in [-0.3, -0.25) is 0 Å². The molecule has 0 saturated carbocycles. The van der Waals surface area contributed by atoms with Gasteiger partial charge in [0.15, 0.2) is 5.82 Å². The summed E-state index contributed by atoms with van der Waals surface area (Å²) < 4.78 is 17.9. The third kappa shape index (κ3) is 4.11. The average molecular weight is 361 g/mol. The Morgan fingerprint density at radius 2 is 1.70 bits per heavy atom. The van der Waals surface area contributed by atoms with Crippen molar-refractivity contribution in [3.05, 3.63) is 96.3 Å². The lowest BCUT2D eigenvalue weighted by atomic mass is 10.1. The minimum atomic E-state index is -0.305. The predicted octanol–water partition coefficient (Wildman–Crippen LogP) is 3.63. The number of nitrogens with zero attached hydrogens (tertiary/aromatic N) is 5. The number of hydrogen-bond donors (Lipinski definition) is 0. The Labute approximate surface area is 157 Å². The second-order valence-electron chi connectivity index (χ2n) is 6.34. The van der Waals surface area contributed by atoms with Crippen molar-refractivity contribution in [3.63, 3.8) is 0 Å². The standard InChI is InChI=1S/C21H20FN5/c22-18-8-4-5-9-19(18)27-21(12-14-26-15-13-23-16-26)24-20(25-27)11-10-17-6-2-1-3-7-17/h1-9,13,15-16H,10-12,14H2. The van der Waals surface area contributed by atoms with Crippen LogP contribution in [0.2, 0.25) is 0 Å². The van der Waals surface area contributed by atoms with Gasteiger partial charge in [-0.2, -0.15) is 5.10 Å². The lowest BCUT2D eigenvalue weighted by Crippen LogP contribution is -2.08. The van der Waals surface area contributed by atoms with Gasteiger partial charge in [-0.15, -0.1) is 0 Å². The van der Waals surface area contributed by atoms with Gasteiger partial charge in [-0.1, -0.05) is 42.5 Å². The van der Waals surface area contributed by atoms with Crippen molar-refractivity contribution in [3.8, 4) is 5.69 Å². The van der Waals surface area contributed by atoms with Gasteiger partial charge in [0.2, 0.25) is 0 Å². The van der Waals surface area contributed by atoms with E-state index in [1.165, 1.54) is 11.6 Å². The highest BCUT2D eigenvalue weighted by atomic mass is 19.1. The lowest BCUT2D eigenvalue weighted by Gasteiger charge is -2.07. The first kappa shape index (κ1) is 17.1. The number of benzene rings is 2. The van der Waals surface area contributed by atoms with Crippen LogP contribution in [0.1, 0.15) is 17.2 Å². The van der Waals surface area contributed by atoms with E-state index < -0.39 is 0 Å². The van der Waals surface area contributed by atoms with Crippen LogP contribution in [0.25, 0.3) is 5.69 Å². The summed E-state index contributed by atoms with van der Waals surface area (Å²) in [5.41, 5.74) is 1.66. The van der Waals surface area contributed by atoms with Crippen LogP contribution in [0.4, 0.5) is 4.39 Å². The van der Waals surface area contributed by atoms with Gasteiger partial charge >= 0.3 is 0 Å². The molecule has 0 N–H and O–H groups in total. The number of halogens is 1. The second kappa shape index (κ2) is 7.95. The summed E-state index contributed by atoms with van der Waals surface area (Å²) in [5.74, 6) is 1.17. The van der Waals surface area contributed by atoms with Crippen LogP contribution < -0.4 is 0 Å². The van der Waals surface area contributed by atoms with Crippen LogP contribution in [0, 0.1) is 5.82 Å². The molecule has 2 aromatic carbocycles. The van der Waals surface area contributed by atoms with Crippen molar-refractivity contribution >= 4 is 0 Å². The molecule has 4 aromatic rings. The molecule has 0 fully saturated rings. The fourth-order valence-electron chi connectivity index (χ4n) is 3.02. The van der Waals surface area contributed by atoms with E-state index in [9.17, 15) is 4.39 Å². The van der Waals surface area contributed by atoms with Crippen LogP contribution in [0.5, 0.6) is 0 Å². The Morgan fingerprint density at radius 3 is 2.48 bits per heavy atom. The third-order valence-electron chi connectivity index (χ3n) is 4.43. The molecular weight excluding hydrogens is 341 g/mol. The van der Waals surface area contributed by atoms with Crippen LogP contribution in [0.3, 0.4) is 0 Å². The molecule has 136 valence electrons. The summed E-state index contributed by atoms with van der Waals surface area (Å²) >= 11 is 0. The Kier molecular flexibility index (Phi) is 5.05. The minimum Gasteiger partial charge on any atom is -0.337 e. The first-order valence-corrected chi connectivity index (χ1v) is 8.99. The Bertz CT molecular complexity index is 993. The van der Waals surface area contributed by atoms with Gasteiger partial charge in [0.05, 0.1) is 6.33 Å². The smallest absolute Gasteiger partial charge is 0.151 e. The van der Waals surface area contributed by atoms with E-state index in [1.54, 1.807) is 29.3 Å². The van der Waals surface area contributed by atoms with Crippen molar-refractivity contribution in [1.82, 2.24) is 24.3 Å². The molecule has 0 unspecified atom stereocenters. The van der Waals surface area contributed by atoms with Gasteiger partial charge in [-0.25, -0.2) is 19.0 Å². The molecule has 0 radical (unpaired) electrons. The Hall–Kier alpha value is -3.28. The number of hydrogen-bond acceptors (Lipinski definition) is 3. The molecule has 2 aromatic heterocycles. The highest BCUT2D eigenvalue weighted by molar-refractivity contribution is 5.33. The molecule has 0 aliphatic rings. The van der Waals surface area contributed by atoms with E-state index in [1.807, 2.05) is 35.0 Å². The first-order valence-electron chi connectivity index (χ1n) is 8.99. The zero-order valence-corrected chi connectivity index (χ0v) is 14.9. The molecule has 2 heterocycles. The summed E-state index contributed by atoms with van der Waals surface area (Å²) in [6, 6.07) is 16.9. The van der Waals surface area contributed by atoms with E-state index in [2.05, 4.69) is 22.2 Å². The molecule has 6 heteroatoms. The Balaban J connectivity index is 1.59. The third-order valence-corrected chi connectivity index (χ3v) is 4.43. The van der Waals surface area contributed by atoms with E-state index in [-0.39, 0.29) is 5.82 Å². The predicted molar refractivity (Wildman–Crippen MR) is 101 cm³/mol. The average Bonchev–Trinajstić information content (AvgIpc) is 3.36. The van der Waals surface area contributed by atoms with Crippen LogP contribution in [-0.4, -0.2) is 24.3 Å². The molecule has 0 aliphatic heterocycles. The molecule has 5 nitrogen and oxygen atoms in total.